The Morgan fingerprint density at radius 3 is 2.52 bits per heavy atom. The zero-order chi connectivity index (χ0) is 18.2. The minimum absolute atomic E-state index is 0.228. The number of benzene rings is 2. The maximum atomic E-state index is 12.1. The Bertz CT molecular complexity index is 800. The Morgan fingerprint density at radius 2 is 1.84 bits per heavy atom. The molecule has 6 heteroatoms. The Morgan fingerprint density at radius 1 is 1.04 bits per heavy atom. The van der Waals surface area contributed by atoms with Gasteiger partial charge in [-0.15, -0.1) is 0 Å². The summed E-state index contributed by atoms with van der Waals surface area (Å²) in [5.41, 5.74) is 1.77. The third kappa shape index (κ3) is 4.84. The van der Waals surface area contributed by atoms with Crippen LogP contribution in [-0.2, 0) is 4.79 Å². The maximum absolute atomic E-state index is 12.1. The average molecular weight is 340 g/mol. The molecule has 0 spiro atoms. The number of carbonyl (C=O) groups excluding carboxylic acids is 2. The van der Waals surface area contributed by atoms with Crippen LogP contribution in [0.1, 0.15) is 15.9 Å². The van der Waals surface area contributed by atoms with Crippen LogP contribution in [0.4, 0.5) is 5.69 Å². The number of hydrogen-bond acceptors (Lipinski definition) is 4. The second-order valence-corrected chi connectivity index (χ2v) is 5.09. The zero-order valence-corrected chi connectivity index (χ0v) is 14.3. The summed E-state index contributed by atoms with van der Waals surface area (Å²) in [6.07, 6.45) is 3.10. The number of ether oxygens (including phenoxy) is 2. The van der Waals surface area contributed by atoms with Gasteiger partial charge in [-0.25, -0.2) is 0 Å². The smallest absolute Gasteiger partial charge is 0.251 e. The lowest BCUT2D eigenvalue weighted by molar-refractivity contribution is -0.111. The van der Waals surface area contributed by atoms with Crippen molar-refractivity contribution in [1.29, 1.82) is 0 Å². The van der Waals surface area contributed by atoms with Crippen molar-refractivity contribution in [3.63, 3.8) is 0 Å². The van der Waals surface area contributed by atoms with Crippen LogP contribution in [0.15, 0.2) is 48.5 Å². The highest BCUT2D eigenvalue weighted by Crippen LogP contribution is 2.25. The highest BCUT2D eigenvalue weighted by molar-refractivity contribution is 6.03. The van der Waals surface area contributed by atoms with Crippen LogP contribution in [0.25, 0.3) is 6.08 Å². The molecule has 0 heterocycles. The molecule has 0 saturated heterocycles. The van der Waals surface area contributed by atoms with Crippen LogP contribution in [0.3, 0.4) is 0 Å². The Balaban J connectivity index is 2.11. The predicted molar refractivity (Wildman–Crippen MR) is 97.0 cm³/mol. The highest BCUT2D eigenvalue weighted by Gasteiger charge is 2.10. The van der Waals surface area contributed by atoms with Crippen molar-refractivity contribution in [2.75, 3.05) is 26.6 Å². The number of rotatable bonds is 6. The monoisotopic (exact) mass is 340 g/mol. The molecule has 25 heavy (non-hydrogen) atoms. The number of carbonyl (C=O) groups is 2. The molecule has 0 unspecified atom stereocenters. The van der Waals surface area contributed by atoms with Crippen LogP contribution in [-0.4, -0.2) is 33.1 Å². The van der Waals surface area contributed by atoms with Gasteiger partial charge >= 0.3 is 0 Å². The van der Waals surface area contributed by atoms with Crippen LogP contribution in [0, 0.1) is 0 Å². The van der Waals surface area contributed by atoms with E-state index in [4.69, 9.17) is 9.47 Å². The van der Waals surface area contributed by atoms with Gasteiger partial charge < -0.3 is 20.1 Å². The van der Waals surface area contributed by atoms with Crippen LogP contribution < -0.4 is 20.1 Å². The van der Waals surface area contributed by atoms with E-state index in [0.29, 0.717) is 22.7 Å². The van der Waals surface area contributed by atoms with Crippen molar-refractivity contribution < 1.29 is 19.1 Å². The minimum Gasteiger partial charge on any atom is -0.497 e. The lowest BCUT2D eigenvalue weighted by Gasteiger charge is -2.10. The van der Waals surface area contributed by atoms with Crippen molar-refractivity contribution in [2.24, 2.45) is 0 Å². The predicted octanol–water partition coefficient (Wildman–Crippen LogP) is 2.72. The molecular formula is C19H20N2O4. The number of anilines is 1. The molecule has 2 rings (SSSR count). The fourth-order valence-corrected chi connectivity index (χ4v) is 2.17. The highest BCUT2D eigenvalue weighted by atomic mass is 16.5. The van der Waals surface area contributed by atoms with E-state index in [0.717, 1.165) is 5.56 Å². The van der Waals surface area contributed by atoms with Gasteiger partial charge in [-0.05, 0) is 42.0 Å². The summed E-state index contributed by atoms with van der Waals surface area (Å²) in [6.45, 7) is 0. The third-order valence-electron chi connectivity index (χ3n) is 3.47. The molecular weight excluding hydrogens is 320 g/mol. The molecule has 0 aliphatic heterocycles. The minimum atomic E-state index is -0.311. The number of hydrogen-bond donors (Lipinski definition) is 2. The van der Waals surface area contributed by atoms with Gasteiger partial charge in [0, 0.05) is 18.7 Å². The van der Waals surface area contributed by atoms with Crippen LogP contribution in [0.5, 0.6) is 11.5 Å². The first-order chi connectivity index (χ1) is 12.1. The summed E-state index contributed by atoms with van der Waals surface area (Å²) < 4.78 is 10.4. The van der Waals surface area contributed by atoms with E-state index in [-0.39, 0.29) is 11.8 Å². The molecule has 0 bridgehead atoms. The second kappa shape index (κ2) is 8.54. The second-order valence-electron chi connectivity index (χ2n) is 5.09. The molecule has 2 amide bonds. The van der Waals surface area contributed by atoms with E-state index in [2.05, 4.69) is 10.6 Å². The van der Waals surface area contributed by atoms with Crippen molar-refractivity contribution in [1.82, 2.24) is 5.32 Å². The summed E-state index contributed by atoms with van der Waals surface area (Å²) in [6, 6.07) is 12.2. The lowest BCUT2D eigenvalue weighted by Crippen LogP contribution is -2.18. The Kier molecular flexibility index (Phi) is 6.17. The first-order valence-corrected chi connectivity index (χ1v) is 7.60. The Hall–Kier alpha value is -3.28. The number of methoxy groups -OCH3 is 2. The van der Waals surface area contributed by atoms with Gasteiger partial charge in [0.05, 0.1) is 19.9 Å². The number of nitrogens with one attached hydrogen (secondary N) is 2. The topological polar surface area (TPSA) is 76.7 Å². The molecule has 0 aliphatic rings. The summed E-state index contributed by atoms with van der Waals surface area (Å²) in [5.74, 6) is 0.584. The maximum Gasteiger partial charge on any atom is 0.251 e. The van der Waals surface area contributed by atoms with Gasteiger partial charge in [0.2, 0.25) is 5.91 Å². The molecule has 0 radical (unpaired) electrons. The first kappa shape index (κ1) is 18.1. The molecule has 0 aromatic heterocycles. The molecule has 0 aliphatic carbocycles. The van der Waals surface area contributed by atoms with Crippen molar-refractivity contribution >= 4 is 23.6 Å². The molecule has 6 nitrogen and oxygen atoms in total. The average Bonchev–Trinajstić information content (AvgIpc) is 2.66. The van der Waals surface area contributed by atoms with E-state index in [1.165, 1.54) is 13.2 Å². The molecule has 2 N–H and O–H groups in total. The molecule has 0 saturated carbocycles. The van der Waals surface area contributed by atoms with Gasteiger partial charge in [0.1, 0.15) is 11.5 Å². The lowest BCUT2D eigenvalue weighted by atomic mass is 10.1. The summed E-state index contributed by atoms with van der Waals surface area (Å²) in [5, 5.41) is 5.27. The molecule has 130 valence electrons. The van der Waals surface area contributed by atoms with Gasteiger partial charge in [-0.3, -0.25) is 9.59 Å². The fraction of sp³-hybridized carbons (Fsp3) is 0.158. The SMILES string of the molecule is CNC(=O)c1ccc(NC(=O)/C=C/c2cccc(OC)c2)c(OC)c1. The van der Waals surface area contributed by atoms with Crippen molar-refractivity contribution in [3.8, 4) is 11.5 Å². The zero-order valence-electron chi connectivity index (χ0n) is 14.3. The summed E-state index contributed by atoms with van der Waals surface area (Å²) in [7, 11) is 4.61. The molecule has 0 atom stereocenters. The quantitative estimate of drug-likeness (QED) is 0.793. The van der Waals surface area contributed by atoms with Crippen LogP contribution in [0.2, 0.25) is 0 Å². The van der Waals surface area contributed by atoms with Gasteiger partial charge in [-0.2, -0.15) is 0 Å². The Labute approximate surface area is 146 Å². The van der Waals surface area contributed by atoms with Crippen molar-refractivity contribution in [2.45, 2.75) is 0 Å². The summed E-state index contributed by atoms with van der Waals surface area (Å²) in [4.78, 5) is 23.8. The molecule has 2 aromatic rings. The van der Waals surface area contributed by atoms with Gasteiger partial charge in [0.25, 0.3) is 5.91 Å². The largest absolute Gasteiger partial charge is 0.497 e. The fourth-order valence-electron chi connectivity index (χ4n) is 2.17. The molecule has 2 aromatic carbocycles. The third-order valence-corrected chi connectivity index (χ3v) is 3.47. The van der Waals surface area contributed by atoms with E-state index in [1.807, 2.05) is 24.3 Å². The first-order valence-electron chi connectivity index (χ1n) is 7.60. The van der Waals surface area contributed by atoms with Crippen molar-refractivity contribution in [3.05, 3.63) is 59.7 Å². The van der Waals surface area contributed by atoms with E-state index < -0.39 is 0 Å². The van der Waals surface area contributed by atoms with Gasteiger partial charge in [0.15, 0.2) is 0 Å². The van der Waals surface area contributed by atoms with E-state index >= 15 is 0 Å². The summed E-state index contributed by atoms with van der Waals surface area (Å²) >= 11 is 0. The van der Waals surface area contributed by atoms with E-state index in [1.54, 1.807) is 38.4 Å². The number of amides is 2. The van der Waals surface area contributed by atoms with Gasteiger partial charge in [-0.1, -0.05) is 12.1 Å². The van der Waals surface area contributed by atoms with Crippen LogP contribution >= 0.6 is 0 Å². The molecule has 0 fully saturated rings. The normalized spacial score (nSPS) is 10.4. The standard InChI is InChI=1S/C19H20N2O4/c1-20-19(23)14-8-9-16(17(12-14)25-3)21-18(22)10-7-13-5-4-6-15(11-13)24-2/h4-12H,1-3H3,(H,20,23)(H,21,22)/b10-7+. The van der Waals surface area contributed by atoms with E-state index in [9.17, 15) is 9.59 Å².